The van der Waals surface area contributed by atoms with Crippen LogP contribution in [0.5, 0.6) is 0 Å². The lowest BCUT2D eigenvalue weighted by Gasteiger charge is -2.14. The lowest BCUT2D eigenvalue weighted by Crippen LogP contribution is -2.21. The molecule has 29 heavy (non-hydrogen) atoms. The Morgan fingerprint density at radius 3 is 2.45 bits per heavy atom. The molecule has 0 bridgehead atoms. The molecule has 0 aliphatic rings. The van der Waals surface area contributed by atoms with E-state index in [0.717, 1.165) is 34.5 Å². The topological polar surface area (TPSA) is 50.4 Å². The third-order valence-electron chi connectivity index (χ3n) is 4.68. The Bertz CT molecular complexity index is 1010. The molecule has 0 spiro atoms. The van der Waals surface area contributed by atoms with Gasteiger partial charge in [0, 0.05) is 10.6 Å². The molecule has 1 heterocycles. The number of ether oxygens (including phenoxy) is 1. The number of aryl methyl sites for hydroxylation is 1. The number of carbonyl (C=O) groups excluding carboxylic acids is 1. The molecule has 0 aliphatic heterocycles. The molecular weight excluding hydrogens is 400 g/mol. The monoisotopic (exact) mass is 424 g/mol. The van der Waals surface area contributed by atoms with Gasteiger partial charge in [-0.25, -0.2) is 4.79 Å². The summed E-state index contributed by atoms with van der Waals surface area (Å²) in [4.78, 5) is 13.4. The van der Waals surface area contributed by atoms with Crippen LogP contribution < -0.4 is 10.6 Å². The van der Waals surface area contributed by atoms with E-state index in [4.69, 9.17) is 17.0 Å². The second-order valence-electron chi connectivity index (χ2n) is 6.58. The van der Waals surface area contributed by atoms with E-state index < -0.39 is 0 Å². The standard InChI is InChI=1S/C23H24N2O2S2/c1-4-18-15(2)29-21(20(18)22(26)27-3)25-23(28)24-19-13-9-8-12-17(19)14-16-10-6-5-7-11-16/h5-13H,4,14H2,1-3H3,(H2,24,25,28). The van der Waals surface area contributed by atoms with E-state index in [-0.39, 0.29) is 5.97 Å². The normalized spacial score (nSPS) is 10.4. The summed E-state index contributed by atoms with van der Waals surface area (Å²) in [6.45, 7) is 4.04. The highest BCUT2D eigenvalue weighted by molar-refractivity contribution is 7.80. The van der Waals surface area contributed by atoms with Crippen LogP contribution in [0.15, 0.2) is 54.6 Å². The largest absolute Gasteiger partial charge is 0.465 e. The summed E-state index contributed by atoms with van der Waals surface area (Å²) in [6.07, 6.45) is 1.56. The van der Waals surface area contributed by atoms with E-state index in [1.807, 2.05) is 50.2 Å². The van der Waals surface area contributed by atoms with Crippen LogP contribution in [0.3, 0.4) is 0 Å². The molecule has 0 saturated heterocycles. The van der Waals surface area contributed by atoms with Gasteiger partial charge in [0.15, 0.2) is 5.11 Å². The predicted octanol–water partition coefficient (Wildman–Crippen LogP) is 5.81. The molecule has 4 nitrogen and oxygen atoms in total. The Kier molecular flexibility index (Phi) is 7.01. The summed E-state index contributed by atoms with van der Waals surface area (Å²) in [5, 5.41) is 7.64. The number of hydrogen-bond acceptors (Lipinski definition) is 4. The van der Waals surface area contributed by atoms with Crippen LogP contribution >= 0.6 is 23.6 Å². The van der Waals surface area contributed by atoms with Crippen molar-refractivity contribution in [3.8, 4) is 0 Å². The average Bonchev–Trinajstić information content (AvgIpc) is 3.04. The van der Waals surface area contributed by atoms with E-state index in [2.05, 4.69) is 28.8 Å². The maximum absolute atomic E-state index is 12.3. The van der Waals surface area contributed by atoms with Crippen molar-refractivity contribution in [3.05, 3.63) is 81.7 Å². The third-order valence-corrected chi connectivity index (χ3v) is 5.95. The highest BCUT2D eigenvalue weighted by atomic mass is 32.1. The van der Waals surface area contributed by atoms with Crippen molar-refractivity contribution in [2.75, 3.05) is 17.7 Å². The van der Waals surface area contributed by atoms with Gasteiger partial charge in [0.25, 0.3) is 0 Å². The van der Waals surface area contributed by atoms with Crippen LogP contribution in [-0.2, 0) is 17.6 Å². The fourth-order valence-electron chi connectivity index (χ4n) is 3.28. The molecule has 0 saturated carbocycles. The van der Waals surface area contributed by atoms with E-state index in [1.165, 1.54) is 24.0 Å². The van der Waals surface area contributed by atoms with Gasteiger partial charge in [-0.3, -0.25) is 0 Å². The number of carbonyl (C=O) groups is 1. The number of rotatable bonds is 6. The minimum Gasteiger partial charge on any atom is -0.465 e. The Balaban J connectivity index is 1.80. The van der Waals surface area contributed by atoms with Crippen LogP contribution in [0, 0.1) is 6.92 Å². The number of thiophene rings is 1. The molecule has 2 N–H and O–H groups in total. The van der Waals surface area contributed by atoms with Gasteiger partial charge in [-0.2, -0.15) is 0 Å². The predicted molar refractivity (Wildman–Crippen MR) is 125 cm³/mol. The van der Waals surface area contributed by atoms with E-state index >= 15 is 0 Å². The number of anilines is 2. The molecule has 0 fully saturated rings. The lowest BCUT2D eigenvalue weighted by atomic mass is 10.0. The number of para-hydroxylation sites is 1. The van der Waals surface area contributed by atoms with Crippen LogP contribution in [0.4, 0.5) is 10.7 Å². The number of nitrogens with one attached hydrogen (secondary N) is 2. The van der Waals surface area contributed by atoms with Gasteiger partial charge in [-0.15, -0.1) is 11.3 Å². The second-order valence-corrected chi connectivity index (χ2v) is 8.22. The molecule has 150 valence electrons. The molecule has 0 radical (unpaired) electrons. The quantitative estimate of drug-likeness (QED) is 0.387. The Morgan fingerprint density at radius 2 is 1.76 bits per heavy atom. The highest BCUT2D eigenvalue weighted by Crippen LogP contribution is 2.34. The van der Waals surface area contributed by atoms with Gasteiger partial charge in [-0.05, 0) is 54.7 Å². The van der Waals surface area contributed by atoms with Crippen molar-refractivity contribution in [1.82, 2.24) is 0 Å². The number of methoxy groups -OCH3 is 1. The first kappa shape index (κ1) is 21.0. The fourth-order valence-corrected chi connectivity index (χ4v) is 4.69. The zero-order valence-electron chi connectivity index (χ0n) is 16.7. The van der Waals surface area contributed by atoms with Gasteiger partial charge in [0.05, 0.1) is 12.7 Å². The first-order valence-corrected chi connectivity index (χ1v) is 10.7. The molecule has 1 aromatic heterocycles. The van der Waals surface area contributed by atoms with Gasteiger partial charge < -0.3 is 15.4 Å². The molecule has 3 rings (SSSR count). The zero-order chi connectivity index (χ0) is 20.8. The number of esters is 1. The smallest absolute Gasteiger partial charge is 0.341 e. The number of benzene rings is 2. The van der Waals surface area contributed by atoms with Crippen molar-refractivity contribution >= 4 is 45.3 Å². The lowest BCUT2D eigenvalue weighted by molar-refractivity contribution is 0.0601. The molecule has 2 aromatic carbocycles. The summed E-state index contributed by atoms with van der Waals surface area (Å²) < 4.78 is 4.98. The van der Waals surface area contributed by atoms with Gasteiger partial charge >= 0.3 is 5.97 Å². The summed E-state index contributed by atoms with van der Waals surface area (Å²) in [5.41, 5.74) is 4.89. The van der Waals surface area contributed by atoms with E-state index in [0.29, 0.717) is 15.7 Å². The van der Waals surface area contributed by atoms with Crippen molar-refractivity contribution in [2.45, 2.75) is 26.7 Å². The molecular formula is C23H24N2O2S2. The maximum atomic E-state index is 12.3. The number of hydrogen-bond donors (Lipinski definition) is 2. The van der Waals surface area contributed by atoms with Crippen molar-refractivity contribution in [2.24, 2.45) is 0 Å². The van der Waals surface area contributed by atoms with Gasteiger partial charge in [0.1, 0.15) is 5.00 Å². The summed E-state index contributed by atoms with van der Waals surface area (Å²) in [6, 6.07) is 18.4. The molecule has 0 unspecified atom stereocenters. The van der Waals surface area contributed by atoms with E-state index in [1.54, 1.807) is 0 Å². The average molecular weight is 425 g/mol. The third kappa shape index (κ3) is 5.02. The Labute approximate surface area is 180 Å². The first-order valence-electron chi connectivity index (χ1n) is 9.43. The summed E-state index contributed by atoms with van der Waals surface area (Å²) >= 11 is 7.06. The van der Waals surface area contributed by atoms with Crippen LogP contribution in [0.25, 0.3) is 0 Å². The molecule has 3 aromatic rings. The Morgan fingerprint density at radius 1 is 1.07 bits per heavy atom. The van der Waals surface area contributed by atoms with Crippen LogP contribution in [-0.4, -0.2) is 18.2 Å². The van der Waals surface area contributed by atoms with Crippen LogP contribution in [0.2, 0.25) is 0 Å². The van der Waals surface area contributed by atoms with Crippen LogP contribution in [0.1, 0.15) is 38.8 Å². The van der Waals surface area contributed by atoms with Gasteiger partial charge in [-0.1, -0.05) is 55.5 Å². The molecule has 6 heteroatoms. The molecule has 0 amide bonds. The van der Waals surface area contributed by atoms with Gasteiger partial charge in [0.2, 0.25) is 0 Å². The summed E-state index contributed by atoms with van der Waals surface area (Å²) in [7, 11) is 1.40. The SMILES string of the molecule is CCc1c(C)sc(NC(=S)Nc2ccccc2Cc2ccccc2)c1C(=O)OC. The zero-order valence-corrected chi connectivity index (χ0v) is 18.4. The second kappa shape index (κ2) is 9.67. The highest BCUT2D eigenvalue weighted by Gasteiger charge is 2.22. The molecule has 0 aliphatic carbocycles. The first-order chi connectivity index (χ1) is 14.0. The van der Waals surface area contributed by atoms with Crippen molar-refractivity contribution in [3.63, 3.8) is 0 Å². The maximum Gasteiger partial charge on any atom is 0.341 e. The number of thiocarbonyl (C=S) groups is 1. The summed E-state index contributed by atoms with van der Waals surface area (Å²) in [5.74, 6) is -0.346. The minimum atomic E-state index is -0.346. The van der Waals surface area contributed by atoms with Crippen molar-refractivity contribution < 1.29 is 9.53 Å². The molecule has 0 atom stereocenters. The van der Waals surface area contributed by atoms with E-state index in [9.17, 15) is 4.79 Å². The fraction of sp³-hybridized carbons (Fsp3) is 0.217. The minimum absolute atomic E-state index is 0.346. The van der Waals surface area contributed by atoms with Crippen molar-refractivity contribution in [1.29, 1.82) is 0 Å². The Hall–Kier alpha value is -2.70.